The molecule has 1 aromatic carbocycles. The molecule has 1 heterocycles. The topological polar surface area (TPSA) is 61.4 Å². The Morgan fingerprint density at radius 2 is 1.92 bits per heavy atom. The van der Waals surface area contributed by atoms with Crippen LogP contribution in [0.1, 0.15) is 32.3 Å². The van der Waals surface area contributed by atoms with Crippen LogP contribution in [0, 0.1) is 12.7 Å². The second-order valence-electron chi connectivity index (χ2n) is 6.77. The van der Waals surface area contributed by atoms with Gasteiger partial charge in [0.15, 0.2) is 0 Å². The third-order valence-corrected chi connectivity index (χ3v) is 4.26. The standard InChI is InChI=1S/C19H26FN3O2/c1-13(2)6-9-23-10-7-15(8-11-23)21-18(24)19(25)22-17-12-14(3)4-5-16(17)20/h4-6,12,15H,7-11H2,1-3H3,(H,21,24)(H,22,25). The Bertz CT molecular complexity index is 661. The number of likely N-dealkylation sites (tertiary alicyclic amines) is 1. The smallest absolute Gasteiger partial charge is 0.313 e. The molecule has 1 fully saturated rings. The van der Waals surface area contributed by atoms with Gasteiger partial charge in [-0.25, -0.2) is 4.39 Å². The summed E-state index contributed by atoms with van der Waals surface area (Å²) in [5.74, 6) is -2.11. The molecule has 0 aromatic heterocycles. The molecule has 1 aliphatic rings. The van der Waals surface area contributed by atoms with E-state index in [4.69, 9.17) is 0 Å². The number of anilines is 1. The number of amides is 2. The summed E-state index contributed by atoms with van der Waals surface area (Å²) in [5.41, 5.74) is 2.12. The number of carbonyl (C=O) groups is 2. The summed E-state index contributed by atoms with van der Waals surface area (Å²) in [5, 5.41) is 5.08. The first-order chi connectivity index (χ1) is 11.8. The maximum atomic E-state index is 13.7. The van der Waals surface area contributed by atoms with Gasteiger partial charge in [0.1, 0.15) is 5.82 Å². The summed E-state index contributed by atoms with van der Waals surface area (Å²) in [6.45, 7) is 8.60. The Balaban J connectivity index is 1.81. The van der Waals surface area contributed by atoms with Crippen molar-refractivity contribution in [2.75, 3.05) is 25.0 Å². The Morgan fingerprint density at radius 1 is 1.24 bits per heavy atom. The lowest BCUT2D eigenvalue weighted by Crippen LogP contribution is -2.47. The number of benzene rings is 1. The van der Waals surface area contributed by atoms with Crippen LogP contribution in [0.3, 0.4) is 0 Å². The zero-order valence-electron chi connectivity index (χ0n) is 15.1. The summed E-state index contributed by atoms with van der Waals surface area (Å²) < 4.78 is 13.7. The van der Waals surface area contributed by atoms with Crippen LogP contribution >= 0.6 is 0 Å². The molecule has 0 unspecified atom stereocenters. The molecule has 25 heavy (non-hydrogen) atoms. The number of hydrogen-bond acceptors (Lipinski definition) is 3. The van der Waals surface area contributed by atoms with Crippen molar-refractivity contribution in [3.05, 3.63) is 41.2 Å². The molecule has 0 radical (unpaired) electrons. The van der Waals surface area contributed by atoms with E-state index in [2.05, 4.69) is 35.5 Å². The normalized spacial score (nSPS) is 15.5. The number of allylic oxidation sites excluding steroid dienone is 1. The highest BCUT2D eigenvalue weighted by Gasteiger charge is 2.23. The molecule has 0 saturated carbocycles. The molecular formula is C19H26FN3O2. The van der Waals surface area contributed by atoms with Crippen molar-refractivity contribution in [3.8, 4) is 0 Å². The third-order valence-electron chi connectivity index (χ3n) is 4.26. The zero-order chi connectivity index (χ0) is 18.4. The number of halogens is 1. The average molecular weight is 347 g/mol. The molecule has 0 atom stereocenters. The first-order valence-corrected chi connectivity index (χ1v) is 8.59. The van der Waals surface area contributed by atoms with E-state index in [1.807, 2.05) is 0 Å². The molecule has 1 aliphatic heterocycles. The summed E-state index contributed by atoms with van der Waals surface area (Å²) in [6, 6.07) is 4.35. The number of carbonyl (C=O) groups excluding carboxylic acids is 2. The van der Waals surface area contributed by atoms with E-state index in [0.29, 0.717) is 0 Å². The average Bonchev–Trinajstić information content (AvgIpc) is 2.57. The van der Waals surface area contributed by atoms with E-state index in [0.717, 1.165) is 38.0 Å². The van der Waals surface area contributed by atoms with E-state index in [9.17, 15) is 14.0 Å². The van der Waals surface area contributed by atoms with E-state index in [1.165, 1.54) is 17.7 Å². The van der Waals surface area contributed by atoms with Gasteiger partial charge in [0.2, 0.25) is 0 Å². The molecule has 1 saturated heterocycles. The summed E-state index contributed by atoms with van der Waals surface area (Å²) in [6.07, 6.45) is 3.78. The molecule has 136 valence electrons. The van der Waals surface area contributed by atoms with Gasteiger partial charge in [-0.2, -0.15) is 0 Å². The number of nitrogens with one attached hydrogen (secondary N) is 2. The molecule has 5 nitrogen and oxygen atoms in total. The van der Waals surface area contributed by atoms with Gasteiger partial charge in [0.25, 0.3) is 0 Å². The molecule has 2 amide bonds. The highest BCUT2D eigenvalue weighted by atomic mass is 19.1. The fourth-order valence-corrected chi connectivity index (χ4v) is 2.74. The van der Waals surface area contributed by atoms with Crippen LogP contribution in [0.4, 0.5) is 10.1 Å². The number of hydrogen-bond donors (Lipinski definition) is 2. The van der Waals surface area contributed by atoms with Crippen molar-refractivity contribution in [2.45, 2.75) is 39.7 Å². The summed E-state index contributed by atoms with van der Waals surface area (Å²) in [7, 11) is 0. The Morgan fingerprint density at radius 3 is 2.56 bits per heavy atom. The number of aryl methyl sites for hydroxylation is 1. The lowest BCUT2D eigenvalue weighted by Gasteiger charge is -2.31. The first kappa shape index (κ1) is 19.1. The predicted molar refractivity (Wildman–Crippen MR) is 96.8 cm³/mol. The van der Waals surface area contributed by atoms with Crippen molar-refractivity contribution in [3.63, 3.8) is 0 Å². The minimum absolute atomic E-state index is 0.0245. The maximum absolute atomic E-state index is 13.7. The fraction of sp³-hybridized carbons (Fsp3) is 0.474. The van der Waals surface area contributed by atoms with Gasteiger partial charge >= 0.3 is 11.8 Å². The highest BCUT2D eigenvalue weighted by molar-refractivity contribution is 6.39. The van der Waals surface area contributed by atoms with Gasteiger partial charge in [-0.3, -0.25) is 14.5 Å². The fourth-order valence-electron chi connectivity index (χ4n) is 2.74. The van der Waals surface area contributed by atoms with Crippen LogP contribution in [-0.2, 0) is 9.59 Å². The van der Waals surface area contributed by atoms with E-state index < -0.39 is 17.6 Å². The van der Waals surface area contributed by atoms with Crippen LogP contribution in [-0.4, -0.2) is 42.4 Å². The van der Waals surface area contributed by atoms with E-state index >= 15 is 0 Å². The van der Waals surface area contributed by atoms with Crippen LogP contribution in [0.5, 0.6) is 0 Å². The number of piperidine rings is 1. The predicted octanol–water partition coefficient (Wildman–Crippen LogP) is 2.62. The van der Waals surface area contributed by atoms with Gasteiger partial charge in [0, 0.05) is 25.7 Å². The largest absolute Gasteiger partial charge is 0.345 e. The van der Waals surface area contributed by atoms with E-state index in [-0.39, 0.29) is 11.7 Å². The lowest BCUT2D eigenvalue weighted by molar-refractivity contribution is -0.136. The molecule has 0 aliphatic carbocycles. The van der Waals surface area contributed by atoms with Gasteiger partial charge in [-0.1, -0.05) is 17.7 Å². The van der Waals surface area contributed by atoms with Gasteiger partial charge < -0.3 is 10.6 Å². The minimum atomic E-state index is -0.837. The minimum Gasteiger partial charge on any atom is -0.345 e. The van der Waals surface area contributed by atoms with Crippen LogP contribution < -0.4 is 10.6 Å². The zero-order valence-corrected chi connectivity index (χ0v) is 15.1. The lowest BCUT2D eigenvalue weighted by atomic mass is 10.0. The molecular weight excluding hydrogens is 321 g/mol. The quantitative estimate of drug-likeness (QED) is 0.650. The van der Waals surface area contributed by atoms with E-state index in [1.54, 1.807) is 13.0 Å². The van der Waals surface area contributed by atoms with Crippen LogP contribution in [0.25, 0.3) is 0 Å². The van der Waals surface area contributed by atoms with Crippen LogP contribution in [0.15, 0.2) is 29.8 Å². The second kappa shape index (κ2) is 8.76. The third kappa shape index (κ3) is 5.98. The monoisotopic (exact) mass is 347 g/mol. The summed E-state index contributed by atoms with van der Waals surface area (Å²) in [4.78, 5) is 26.3. The molecule has 0 bridgehead atoms. The van der Waals surface area contributed by atoms with Crippen molar-refractivity contribution in [1.29, 1.82) is 0 Å². The van der Waals surface area contributed by atoms with Gasteiger partial charge in [-0.05, 0) is 51.3 Å². The summed E-state index contributed by atoms with van der Waals surface area (Å²) >= 11 is 0. The van der Waals surface area contributed by atoms with Crippen molar-refractivity contribution in [2.24, 2.45) is 0 Å². The van der Waals surface area contributed by atoms with Crippen molar-refractivity contribution in [1.82, 2.24) is 10.2 Å². The number of rotatable bonds is 4. The second-order valence-corrected chi connectivity index (χ2v) is 6.77. The van der Waals surface area contributed by atoms with Gasteiger partial charge in [0.05, 0.1) is 5.69 Å². The Labute approximate surface area is 148 Å². The molecule has 1 aromatic rings. The first-order valence-electron chi connectivity index (χ1n) is 8.59. The maximum Gasteiger partial charge on any atom is 0.313 e. The SMILES string of the molecule is CC(C)=CCN1CCC(NC(=O)C(=O)Nc2cc(C)ccc2F)CC1. The highest BCUT2D eigenvalue weighted by Crippen LogP contribution is 2.16. The van der Waals surface area contributed by atoms with Crippen molar-refractivity contribution < 1.29 is 14.0 Å². The van der Waals surface area contributed by atoms with Gasteiger partial charge in [-0.15, -0.1) is 0 Å². The molecule has 0 spiro atoms. The van der Waals surface area contributed by atoms with Crippen molar-refractivity contribution >= 4 is 17.5 Å². The molecule has 6 heteroatoms. The van der Waals surface area contributed by atoms with Crippen LogP contribution in [0.2, 0.25) is 0 Å². The molecule has 2 rings (SSSR count). The Kier molecular flexibility index (Phi) is 6.70. The Hall–Kier alpha value is -2.21. The number of nitrogens with zero attached hydrogens (tertiary/aromatic N) is 1. The molecule has 2 N–H and O–H groups in total.